The summed E-state index contributed by atoms with van der Waals surface area (Å²) in [6, 6.07) is 19.6. The first-order valence-corrected chi connectivity index (χ1v) is 13.3. The lowest BCUT2D eigenvalue weighted by Crippen LogP contribution is -2.51. The van der Waals surface area contributed by atoms with Crippen LogP contribution in [0.4, 0.5) is 0 Å². The average molecular weight is 558 g/mol. The van der Waals surface area contributed by atoms with Gasteiger partial charge in [-0.3, -0.25) is 9.59 Å². The van der Waals surface area contributed by atoms with Gasteiger partial charge in [-0.25, -0.2) is 0 Å². The summed E-state index contributed by atoms with van der Waals surface area (Å²) in [7, 11) is 3.15. The van der Waals surface area contributed by atoms with E-state index in [2.05, 4.69) is 5.32 Å². The number of halogens is 2. The Balaban J connectivity index is 1.93. The summed E-state index contributed by atoms with van der Waals surface area (Å²) >= 11 is 12.6. The predicted molar refractivity (Wildman–Crippen MR) is 152 cm³/mol. The minimum absolute atomic E-state index is 0.0800. The Morgan fingerprint density at radius 2 is 1.61 bits per heavy atom. The van der Waals surface area contributed by atoms with Crippen molar-refractivity contribution in [3.63, 3.8) is 0 Å². The Labute approximate surface area is 234 Å². The maximum Gasteiger partial charge on any atom is 0.243 e. The summed E-state index contributed by atoms with van der Waals surface area (Å²) < 4.78 is 10.7. The number of nitrogens with one attached hydrogen (secondary N) is 1. The number of methoxy groups -OCH3 is 2. The monoisotopic (exact) mass is 556 g/mol. The van der Waals surface area contributed by atoms with Gasteiger partial charge in [-0.1, -0.05) is 65.7 Å². The molecule has 202 valence electrons. The van der Waals surface area contributed by atoms with Crippen LogP contribution >= 0.6 is 23.2 Å². The summed E-state index contributed by atoms with van der Waals surface area (Å²) in [6.07, 6.45) is 1.03. The Hall–Kier alpha value is -3.22. The van der Waals surface area contributed by atoms with Crippen molar-refractivity contribution in [2.75, 3.05) is 14.2 Å². The molecule has 3 aromatic rings. The van der Waals surface area contributed by atoms with E-state index in [1.54, 1.807) is 37.3 Å². The van der Waals surface area contributed by atoms with Crippen molar-refractivity contribution in [3.8, 4) is 11.5 Å². The molecule has 1 N–H and O–H groups in total. The van der Waals surface area contributed by atoms with Crippen molar-refractivity contribution in [1.82, 2.24) is 10.2 Å². The second-order valence-corrected chi connectivity index (χ2v) is 10.2. The number of rotatable bonds is 12. The van der Waals surface area contributed by atoms with Gasteiger partial charge in [0.15, 0.2) is 11.5 Å². The molecule has 3 rings (SSSR count). The van der Waals surface area contributed by atoms with Gasteiger partial charge in [0, 0.05) is 35.5 Å². The van der Waals surface area contributed by atoms with Crippen LogP contribution in [-0.2, 0) is 29.0 Å². The zero-order valence-corrected chi connectivity index (χ0v) is 23.7. The van der Waals surface area contributed by atoms with E-state index < -0.39 is 6.04 Å². The van der Waals surface area contributed by atoms with E-state index in [4.69, 9.17) is 32.7 Å². The maximum absolute atomic E-state index is 13.8. The van der Waals surface area contributed by atoms with E-state index in [0.717, 1.165) is 11.1 Å². The number of carbonyl (C=O) groups is 2. The molecular formula is C30H34Cl2N2O4. The zero-order valence-electron chi connectivity index (χ0n) is 22.2. The largest absolute Gasteiger partial charge is 0.493 e. The quantitative estimate of drug-likeness (QED) is 0.292. The fraction of sp³-hybridized carbons (Fsp3) is 0.333. The molecule has 2 amide bonds. The van der Waals surface area contributed by atoms with Gasteiger partial charge in [-0.2, -0.15) is 0 Å². The van der Waals surface area contributed by atoms with Gasteiger partial charge in [0.2, 0.25) is 11.8 Å². The number of ether oxygens (including phenoxy) is 2. The highest BCUT2D eigenvalue weighted by Gasteiger charge is 2.31. The van der Waals surface area contributed by atoms with Crippen molar-refractivity contribution in [1.29, 1.82) is 0 Å². The van der Waals surface area contributed by atoms with Crippen LogP contribution in [0.5, 0.6) is 11.5 Å². The fourth-order valence-electron chi connectivity index (χ4n) is 4.20. The molecule has 0 spiro atoms. The lowest BCUT2D eigenvalue weighted by atomic mass is 10.0. The summed E-state index contributed by atoms with van der Waals surface area (Å²) in [5.41, 5.74) is 2.59. The first-order chi connectivity index (χ1) is 18.2. The van der Waals surface area contributed by atoms with Crippen molar-refractivity contribution in [3.05, 3.63) is 93.5 Å². The van der Waals surface area contributed by atoms with Crippen LogP contribution in [0.2, 0.25) is 10.0 Å². The lowest BCUT2D eigenvalue weighted by Gasteiger charge is -2.32. The second-order valence-electron chi connectivity index (χ2n) is 9.32. The normalized spacial score (nSPS) is 11.7. The molecular weight excluding hydrogens is 523 g/mol. The Morgan fingerprint density at radius 1 is 0.895 bits per heavy atom. The van der Waals surface area contributed by atoms with Crippen LogP contribution in [0.25, 0.3) is 0 Å². The van der Waals surface area contributed by atoms with Gasteiger partial charge in [0.25, 0.3) is 0 Å². The summed E-state index contributed by atoms with van der Waals surface area (Å²) in [5.74, 6) is 0.842. The van der Waals surface area contributed by atoms with Crippen LogP contribution in [0.3, 0.4) is 0 Å². The van der Waals surface area contributed by atoms with Crippen LogP contribution in [0.15, 0.2) is 66.7 Å². The number of benzene rings is 3. The van der Waals surface area contributed by atoms with Gasteiger partial charge in [0.1, 0.15) is 6.04 Å². The first kappa shape index (κ1) is 29.3. The molecule has 0 saturated heterocycles. The van der Waals surface area contributed by atoms with Gasteiger partial charge < -0.3 is 19.7 Å². The third-order valence-electron chi connectivity index (χ3n) is 6.13. The van der Waals surface area contributed by atoms with E-state index in [9.17, 15) is 9.59 Å². The molecule has 8 heteroatoms. The summed E-state index contributed by atoms with van der Waals surface area (Å²) in [5, 5.41) is 3.94. The third-order valence-corrected chi connectivity index (χ3v) is 6.72. The van der Waals surface area contributed by atoms with Crippen molar-refractivity contribution < 1.29 is 19.1 Å². The molecule has 38 heavy (non-hydrogen) atoms. The van der Waals surface area contributed by atoms with Crippen LogP contribution in [-0.4, -0.2) is 43.0 Å². The number of carbonyl (C=O) groups excluding carboxylic acids is 2. The SMILES string of the molecule is COc1ccc(CCC(=O)N(Cc2ccc(Cl)cc2Cl)[C@@H](Cc2ccccc2)C(=O)NC(C)C)cc1OC. The van der Waals surface area contributed by atoms with E-state index in [-0.39, 0.29) is 30.8 Å². The summed E-state index contributed by atoms with van der Waals surface area (Å²) in [6.45, 7) is 3.97. The number of amides is 2. The Kier molecular flexibility index (Phi) is 10.9. The molecule has 0 fully saturated rings. The number of nitrogens with zero attached hydrogens (tertiary/aromatic N) is 1. The molecule has 0 aliphatic heterocycles. The molecule has 0 saturated carbocycles. The fourth-order valence-corrected chi connectivity index (χ4v) is 4.67. The molecule has 0 bridgehead atoms. The predicted octanol–water partition coefficient (Wildman–Crippen LogP) is 6.11. The number of aryl methyl sites for hydroxylation is 1. The van der Waals surface area contributed by atoms with Crippen molar-refractivity contribution in [2.24, 2.45) is 0 Å². The van der Waals surface area contributed by atoms with Crippen LogP contribution < -0.4 is 14.8 Å². The van der Waals surface area contributed by atoms with Crippen molar-refractivity contribution >= 4 is 35.0 Å². The van der Waals surface area contributed by atoms with Gasteiger partial charge in [-0.05, 0) is 61.2 Å². The standard InChI is InChI=1S/C30H34Cl2N2O4/c1-20(2)33-30(36)26(16-21-8-6-5-7-9-21)34(19-23-12-13-24(31)18-25(23)32)29(35)15-11-22-10-14-27(37-3)28(17-22)38-4/h5-10,12-14,17-18,20,26H,11,15-16,19H2,1-4H3,(H,33,36)/t26-/m0/s1. The van der Waals surface area contributed by atoms with E-state index >= 15 is 0 Å². The molecule has 0 radical (unpaired) electrons. The summed E-state index contributed by atoms with van der Waals surface area (Å²) in [4.78, 5) is 28.9. The smallest absolute Gasteiger partial charge is 0.243 e. The Bertz CT molecular complexity index is 1230. The lowest BCUT2D eigenvalue weighted by molar-refractivity contribution is -0.141. The van der Waals surface area contributed by atoms with Gasteiger partial charge in [-0.15, -0.1) is 0 Å². The van der Waals surface area contributed by atoms with Crippen LogP contribution in [0.1, 0.15) is 37.0 Å². The average Bonchev–Trinajstić information content (AvgIpc) is 2.90. The topological polar surface area (TPSA) is 67.9 Å². The highest BCUT2D eigenvalue weighted by molar-refractivity contribution is 6.35. The van der Waals surface area contributed by atoms with Crippen LogP contribution in [0, 0.1) is 0 Å². The third kappa shape index (κ3) is 8.14. The van der Waals surface area contributed by atoms with E-state index in [1.165, 1.54) is 0 Å². The molecule has 0 unspecified atom stereocenters. The van der Waals surface area contributed by atoms with Gasteiger partial charge >= 0.3 is 0 Å². The highest BCUT2D eigenvalue weighted by Crippen LogP contribution is 2.29. The molecule has 3 aromatic carbocycles. The van der Waals surface area contributed by atoms with E-state index in [1.807, 2.05) is 62.4 Å². The van der Waals surface area contributed by atoms with Crippen molar-refractivity contribution in [2.45, 2.75) is 51.7 Å². The van der Waals surface area contributed by atoms with E-state index in [0.29, 0.717) is 39.9 Å². The minimum Gasteiger partial charge on any atom is -0.493 e. The maximum atomic E-state index is 13.8. The Morgan fingerprint density at radius 3 is 2.24 bits per heavy atom. The number of hydrogen-bond donors (Lipinski definition) is 1. The second kappa shape index (κ2) is 14.1. The molecule has 0 aliphatic rings. The molecule has 1 atom stereocenters. The highest BCUT2D eigenvalue weighted by atomic mass is 35.5. The zero-order chi connectivity index (χ0) is 27.7. The molecule has 0 heterocycles. The molecule has 6 nitrogen and oxygen atoms in total. The number of hydrogen-bond acceptors (Lipinski definition) is 4. The molecule has 0 aromatic heterocycles. The van der Waals surface area contributed by atoms with Gasteiger partial charge in [0.05, 0.1) is 14.2 Å². The first-order valence-electron chi connectivity index (χ1n) is 12.5. The minimum atomic E-state index is -0.732. The molecule has 0 aliphatic carbocycles.